The van der Waals surface area contributed by atoms with Crippen LogP contribution in [-0.4, -0.2) is 48.8 Å². The Morgan fingerprint density at radius 1 is 1.20 bits per heavy atom. The van der Waals surface area contributed by atoms with Gasteiger partial charge in [-0.05, 0) is 43.5 Å². The SMILES string of the molecule is O=C1NC(=O)N(CC2CCCO2)C2NCCC(c3ccc(Cl)cc3)C12. The van der Waals surface area contributed by atoms with E-state index in [-0.39, 0.29) is 36.0 Å². The van der Waals surface area contributed by atoms with Crippen molar-refractivity contribution in [3.05, 3.63) is 34.9 Å². The summed E-state index contributed by atoms with van der Waals surface area (Å²) in [6.45, 7) is 2.02. The van der Waals surface area contributed by atoms with Gasteiger partial charge in [-0.1, -0.05) is 23.7 Å². The number of urea groups is 1. The predicted octanol–water partition coefficient (Wildman–Crippen LogP) is 2.09. The van der Waals surface area contributed by atoms with Gasteiger partial charge >= 0.3 is 6.03 Å². The molecule has 0 aromatic heterocycles. The summed E-state index contributed by atoms with van der Waals surface area (Å²) in [5, 5.41) is 6.60. The molecule has 1 aromatic rings. The van der Waals surface area contributed by atoms with Crippen LogP contribution in [0.3, 0.4) is 0 Å². The first-order valence-electron chi connectivity index (χ1n) is 8.85. The molecule has 3 fully saturated rings. The van der Waals surface area contributed by atoms with E-state index < -0.39 is 0 Å². The minimum absolute atomic E-state index is 0.0531. The zero-order valence-electron chi connectivity index (χ0n) is 13.9. The molecule has 4 atom stereocenters. The Balaban J connectivity index is 1.59. The highest BCUT2D eigenvalue weighted by atomic mass is 35.5. The van der Waals surface area contributed by atoms with Gasteiger partial charge in [0.1, 0.15) is 0 Å². The number of benzene rings is 1. The number of hydrogen-bond donors (Lipinski definition) is 2. The number of carbonyl (C=O) groups is 2. The number of nitrogens with one attached hydrogen (secondary N) is 2. The lowest BCUT2D eigenvalue weighted by Crippen LogP contribution is -2.68. The van der Waals surface area contributed by atoms with Crippen molar-refractivity contribution in [2.75, 3.05) is 19.7 Å². The summed E-state index contributed by atoms with van der Waals surface area (Å²) in [7, 11) is 0. The van der Waals surface area contributed by atoms with E-state index >= 15 is 0 Å². The average molecular weight is 364 g/mol. The van der Waals surface area contributed by atoms with E-state index in [0.29, 0.717) is 11.6 Å². The van der Waals surface area contributed by atoms with E-state index in [2.05, 4.69) is 10.6 Å². The summed E-state index contributed by atoms with van der Waals surface area (Å²) in [4.78, 5) is 26.8. The van der Waals surface area contributed by atoms with Gasteiger partial charge < -0.3 is 9.64 Å². The van der Waals surface area contributed by atoms with Crippen molar-refractivity contribution in [2.24, 2.45) is 5.92 Å². The molecule has 0 bridgehead atoms. The molecule has 3 aliphatic rings. The Morgan fingerprint density at radius 3 is 2.72 bits per heavy atom. The van der Waals surface area contributed by atoms with Gasteiger partial charge in [0.2, 0.25) is 5.91 Å². The molecule has 7 heteroatoms. The number of ether oxygens (including phenoxy) is 1. The number of carbonyl (C=O) groups excluding carboxylic acids is 2. The van der Waals surface area contributed by atoms with Crippen molar-refractivity contribution in [3.63, 3.8) is 0 Å². The van der Waals surface area contributed by atoms with Crippen molar-refractivity contribution in [1.29, 1.82) is 0 Å². The second kappa shape index (κ2) is 6.94. The topological polar surface area (TPSA) is 70.7 Å². The molecule has 3 heterocycles. The molecule has 134 valence electrons. The molecule has 0 saturated carbocycles. The number of hydrogen-bond acceptors (Lipinski definition) is 4. The standard InChI is InChI=1S/C18H22ClN3O3/c19-12-5-3-11(4-6-12)14-7-8-20-16-15(14)17(23)21-18(24)22(16)10-13-2-1-9-25-13/h3-6,13-16,20H,1-2,7-10H2,(H,21,23,24). The van der Waals surface area contributed by atoms with Crippen molar-refractivity contribution in [3.8, 4) is 0 Å². The van der Waals surface area contributed by atoms with E-state index in [4.69, 9.17) is 16.3 Å². The first kappa shape index (κ1) is 16.8. The van der Waals surface area contributed by atoms with Crippen LogP contribution >= 0.6 is 11.6 Å². The van der Waals surface area contributed by atoms with Gasteiger partial charge in [0.25, 0.3) is 0 Å². The van der Waals surface area contributed by atoms with E-state index in [1.807, 2.05) is 24.3 Å². The zero-order chi connectivity index (χ0) is 17.4. The molecule has 1 aromatic carbocycles. The molecule has 0 spiro atoms. The van der Waals surface area contributed by atoms with Gasteiger partial charge in [-0.3, -0.25) is 15.4 Å². The van der Waals surface area contributed by atoms with E-state index in [1.165, 1.54) is 0 Å². The number of piperidine rings is 1. The molecule has 4 rings (SSSR count). The lowest BCUT2D eigenvalue weighted by Gasteiger charge is -2.47. The Morgan fingerprint density at radius 2 is 2.00 bits per heavy atom. The molecule has 0 radical (unpaired) electrons. The number of halogens is 1. The highest BCUT2D eigenvalue weighted by Crippen LogP contribution is 2.37. The fraction of sp³-hybridized carbons (Fsp3) is 0.556. The number of amides is 3. The van der Waals surface area contributed by atoms with Crippen molar-refractivity contribution >= 4 is 23.5 Å². The average Bonchev–Trinajstić information content (AvgIpc) is 3.12. The monoisotopic (exact) mass is 363 g/mol. The normalized spacial score (nSPS) is 32.4. The third-order valence-corrected chi connectivity index (χ3v) is 5.69. The first-order chi connectivity index (χ1) is 12.1. The second-order valence-corrected chi connectivity index (χ2v) is 7.39. The van der Waals surface area contributed by atoms with Crippen LogP contribution in [0.1, 0.15) is 30.7 Å². The fourth-order valence-electron chi connectivity index (χ4n) is 4.22. The van der Waals surface area contributed by atoms with Crippen LogP contribution in [0.4, 0.5) is 4.79 Å². The van der Waals surface area contributed by atoms with Gasteiger partial charge in [0.05, 0.1) is 24.7 Å². The second-order valence-electron chi connectivity index (χ2n) is 6.95. The molecule has 2 N–H and O–H groups in total. The number of imide groups is 1. The summed E-state index contributed by atoms with van der Waals surface area (Å²) >= 11 is 6.00. The van der Waals surface area contributed by atoms with Crippen LogP contribution in [0.25, 0.3) is 0 Å². The third kappa shape index (κ3) is 3.26. The lowest BCUT2D eigenvalue weighted by atomic mass is 9.77. The van der Waals surface area contributed by atoms with Gasteiger partial charge in [0.15, 0.2) is 0 Å². The smallest absolute Gasteiger partial charge is 0.325 e. The summed E-state index contributed by atoms with van der Waals surface area (Å²) in [6.07, 6.45) is 2.58. The minimum Gasteiger partial charge on any atom is -0.376 e. The van der Waals surface area contributed by atoms with Crippen LogP contribution in [-0.2, 0) is 9.53 Å². The number of fused-ring (bicyclic) bond motifs is 1. The maximum atomic E-state index is 12.6. The molecule has 3 saturated heterocycles. The maximum Gasteiger partial charge on any atom is 0.325 e. The van der Waals surface area contributed by atoms with Crippen molar-refractivity contribution < 1.29 is 14.3 Å². The molecular weight excluding hydrogens is 342 g/mol. The van der Waals surface area contributed by atoms with E-state index in [9.17, 15) is 9.59 Å². The Bertz CT molecular complexity index is 660. The molecule has 4 unspecified atom stereocenters. The Kier molecular flexibility index (Phi) is 4.67. The third-order valence-electron chi connectivity index (χ3n) is 5.43. The molecule has 3 aliphatic heterocycles. The highest BCUT2D eigenvalue weighted by Gasteiger charge is 2.48. The van der Waals surface area contributed by atoms with Crippen molar-refractivity contribution in [1.82, 2.24) is 15.5 Å². The van der Waals surface area contributed by atoms with Gasteiger partial charge in [-0.15, -0.1) is 0 Å². The Hall–Kier alpha value is -1.63. The molecule has 3 amide bonds. The van der Waals surface area contributed by atoms with Crippen LogP contribution in [0.15, 0.2) is 24.3 Å². The zero-order valence-corrected chi connectivity index (χ0v) is 14.7. The van der Waals surface area contributed by atoms with Gasteiger partial charge in [0, 0.05) is 17.5 Å². The van der Waals surface area contributed by atoms with Crippen molar-refractivity contribution in [2.45, 2.75) is 37.5 Å². The Labute approximate surface area is 151 Å². The molecule has 25 heavy (non-hydrogen) atoms. The van der Waals surface area contributed by atoms with Gasteiger partial charge in [-0.2, -0.15) is 0 Å². The quantitative estimate of drug-likeness (QED) is 0.862. The summed E-state index contributed by atoms with van der Waals surface area (Å²) in [6, 6.07) is 7.33. The maximum absolute atomic E-state index is 12.6. The van der Waals surface area contributed by atoms with E-state index in [0.717, 1.165) is 38.0 Å². The van der Waals surface area contributed by atoms with Crippen LogP contribution in [0, 0.1) is 5.92 Å². The highest BCUT2D eigenvalue weighted by molar-refractivity contribution is 6.30. The summed E-state index contributed by atoms with van der Waals surface area (Å²) in [5.74, 6) is -0.455. The molecule has 0 aliphatic carbocycles. The lowest BCUT2D eigenvalue weighted by molar-refractivity contribution is -0.131. The fourth-order valence-corrected chi connectivity index (χ4v) is 4.34. The van der Waals surface area contributed by atoms with Crippen LogP contribution in [0.2, 0.25) is 5.02 Å². The summed E-state index contributed by atoms with van der Waals surface area (Å²) < 4.78 is 5.69. The minimum atomic E-state index is -0.328. The first-order valence-corrected chi connectivity index (χ1v) is 9.23. The number of rotatable bonds is 3. The largest absolute Gasteiger partial charge is 0.376 e. The van der Waals surface area contributed by atoms with E-state index in [1.54, 1.807) is 4.90 Å². The summed E-state index contributed by atoms with van der Waals surface area (Å²) in [5.41, 5.74) is 1.09. The van der Waals surface area contributed by atoms with Crippen LogP contribution in [0.5, 0.6) is 0 Å². The van der Waals surface area contributed by atoms with Crippen LogP contribution < -0.4 is 10.6 Å². The van der Waals surface area contributed by atoms with Gasteiger partial charge in [-0.25, -0.2) is 4.79 Å². The predicted molar refractivity (Wildman–Crippen MR) is 93.3 cm³/mol. The number of nitrogens with zero attached hydrogens (tertiary/aromatic N) is 1. The molecule has 6 nitrogen and oxygen atoms in total. The molecular formula is C18H22ClN3O3.